The molecule has 8 heteroatoms. The molecule has 1 aliphatic heterocycles. The van der Waals surface area contributed by atoms with Crippen LogP contribution in [0.25, 0.3) is 10.9 Å². The number of nitrogens with zero attached hydrogens (tertiary/aromatic N) is 3. The molecular weight excluding hydrogens is 259 g/mol. The second-order valence-electron chi connectivity index (χ2n) is 4.07. The highest BCUT2D eigenvalue weighted by atomic mass is 32.2. The van der Waals surface area contributed by atoms with Crippen molar-refractivity contribution >= 4 is 26.8 Å². The molecule has 1 N–H and O–H groups in total. The number of anilines is 1. The average molecular weight is 270 g/mol. The third-order valence-electron chi connectivity index (χ3n) is 3.00. The molecule has 1 saturated heterocycles. The van der Waals surface area contributed by atoms with E-state index in [2.05, 4.69) is 9.82 Å². The first-order valence-corrected chi connectivity index (χ1v) is 6.82. The minimum atomic E-state index is -3.61. The van der Waals surface area contributed by atoms with Crippen LogP contribution >= 0.6 is 0 Å². The monoisotopic (exact) mass is 270 g/mol. The summed E-state index contributed by atoms with van der Waals surface area (Å²) in [6.45, 7) is 0.512. The number of aryl methyl sites for hydroxylation is 1. The van der Waals surface area contributed by atoms with Crippen molar-refractivity contribution in [1.82, 2.24) is 14.5 Å². The summed E-state index contributed by atoms with van der Waals surface area (Å²) in [6, 6.07) is 3.12. The van der Waals surface area contributed by atoms with E-state index in [0.29, 0.717) is 10.9 Å². The van der Waals surface area contributed by atoms with Crippen LogP contribution in [0.15, 0.2) is 18.3 Å². The summed E-state index contributed by atoms with van der Waals surface area (Å²) in [5.74, 6) is -0.562. The molecule has 0 bridgehead atoms. The highest BCUT2D eigenvalue weighted by molar-refractivity contribution is 7.91. The maximum Gasteiger partial charge on any atom is 0.301 e. The van der Waals surface area contributed by atoms with E-state index in [4.69, 9.17) is 0 Å². The van der Waals surface area contributed by atoms with Gasteiger partial charge in [0.05, 0.1) is 22.8 Å². The van der Waals surface area contributed by atoms with E-state index in [1.54, 1.807) is 17.8 Å². The SMILES string of the molecule is Cn1ncc2c(F)c(N3CCNS3(=O)=O)ccc21. The van der Waals surface area contributed by atoms with Gasteiger partial charge in [0.1, 0.15) is 0 Å². The van der Waals surface area contributed by atoms with Crippen molar-refractivity contribution in [3.63, 3.8) is 0 Å². The molecule has 0 spiro atoms. The Kier molecular flexibility index (Phi) is 2.32. The molecule has 1 fully saturated rings. The van der Waals surface area contributed by atoms with Crippen molar-refractivity contribution in [1.29, 1.82) is 0 Å². The third-order valence-corrected chi connectivity index (χ3v) is 4.53. The van der Waals surface area contributed by atoms with Crippen LogP contribution in [-0.4, -0.2) is 31.3 Å². The summed E-state index contributed by atoms with van der Waals surface area (Å²) in [5.41, 5.74) is 0.682. The molecule has 96 valence electrons. The maximum atomic E-state index is 14.3. The fourth-order valence-electron chi connectivity index (χ4n) is 2.10. The third kappa shape index (κ3) is 1.49. The predicted molar refractivity (Wildman–Crippen MR) is 64.9 cm³/mol. The van der Waals surface area contributed by atoms with Crippen molar-refractivity contribution in [3.05, 3.63) is 24.1 Å². The van der Waals surface area contributed by atoms with Crippen molar-refractivity contribution in [3.8, 4) is 0 Å². The van der Waals surface area contributed by atoms with Crippen molar-refractivity contribution in [2.24, 2.45) is 7.05 Å². The van der Waals surface area contributed by atoms with Crippen LogP contribution in [0.5, 0.6) is 0 Å². The molecule has 2 heterocycles. The fraction of sp³-hybridized carbons (Fsp3) is 0.300. The van der Waals surface area contributed by atoms with Gasteiger partial charge in [0.15, 0.2) is 5.82 Å². The van der Waals surface area contributed by atoms with Crippen LogP contribution in [0.2, 0.25) is 0 Å². The Labute approximate surface area is 103 Å². The van der Waals surface area contributed by atoms with E-state index in [1.807, 2.05) is 0 Å². The Morgan fingerprint density at radius 2 is 2.22 bits per heavy atom. The standard InChI is InChI=1S/C10H11FN4O2S/c1-14-8-2-3-9(10(11)7(8)6-12-14)15-5-4-13-18(15,16)17/h2-3,6,13H,4-5H2,1H3. The molecule has 0 aliphatic carbocycles. The Balaban J connectivity index is 2.22. The normalized spacial score (nSPS) is 18.7. The van der Waals surface area contributed by atoms with Gasteiger partial charge in [0.2, 0.25) is 0 Å². The van der Waals surface area contributed by atoms with Gasteiger partial charge in [-0.15, -0.1) is 0 Å². The van der Waals surface area contributed by atoms with Crippen LogP contribution in [0.1, 0.15) is 0 Å². The number of hydrogen-bond donors (Lipinski definition) is 1. The smallest absolute Gasteiger partial charge is 0.268 e. The number of nitrogens with one attached hydrogen (secondary N) is 1. The van der Waals surface area contributed by atoms with E-state index >= 15 is 0 Å². The molecule has 1 aromatic heterocycles. The van der Waals surface area contributed by atoms with Crippen LogP contribution in [-0.2, 0) is 17.3 Å². The number of rotatable bonds is 1. The number of halogens is 1. The molecule has 0 amide bonds. The zero-order valence-corrected chi connectivity index (χ0v) is 10.4. The van der Waals surface area contributed by atoms with Gasteiger partial charge in [-0.1, -0.05) is 0 Å². The Hall–Kier alpha value is -1.67. The predicted octanol–water partition coefficient (Wildman–Crippen LogP) is 0.367. The van der Waals surface area contributed by atoms with E-state index < -0.39 is 16.0 Å². The van der Waals surface area contributed by atoms with Crippen LogP contribution in [0.3, 0.4) is 0 Å². The van der Waals surface area contributed by atoms with Gasteiger partial charge in [-0.05, 0) is 12.1 Å². The second-order valence-corrected chi connectivity index (χ2v) is 5.75. The topological polar surface area (TPSA) is 67.2 Å². The Bertz CT molecular complexity index is 725. The minimum absolute atomic E-state index is 0.0560. The molecule has 18 heavy (non-hydrogen) atoms. The fourth-order valence-corrected chi connectivity index (χ4v) is 3.34. The molecule has 1 aromatic carbocycles. The molecular formula is C10H11FN4O2S. The van der Waals surface area contributed by atoms with Gasteiger partial charge in [-0.25, -0.2) is 4.39 Å². The molecule has 0 radical (unpaired) electrons. The van der Waals surface area contributed by atoms with Gasteiger partial charge in [0, 0.05) is 20.1 Å². The van der Waals surface area contributed by atoms with E-state index in [9.17, 15) is 12.8 Å². The molecule has 6 nitrogen and oxygen atoms in total. The molecule has 2 aromatic rings. The number of fused-ring (bicyclic) bond motifs is 1. The number of benzene rings is 1. The summed E-state index contributed by atoms with van der Waals surface area (Å²) in [4.78, 5) is 0. The Morgan fingerprint density at radius 3 is 2.89 bits per heavy atom. The first-order chi connectivity index (χ1) is 8.50. The maximum absolute atomic E-state index is 14.3. The molecule has 0 unspecified atom stereocenters. The van der Waals surface area contributed by atoms with Crippen LogP contribution < -0.4 is 9.03 Å². The van der Waals surface area contributed by atoms with E-state index in [0.717, 1.165) is 4.31 Å². The minimum Gasteiger partial charge on any atom is -0.268 e. The number of aromatic nitrogens is 2. The summed E-state index contributed by atoms with van der Waals surface area (Å²) in [6.07, 6.45) is 1.39. The van der Waals surface area contributed by atoms with Gasteiger partial charge in [-0.3, -0.25) is 8.99 Å². The molecule has 0 saturated carbocycles. The van der Waals surface area contributed by atoms with Gasteiger partial charge in [0.25, 0.3) is 0 Å². The lowest BCUT2D eigenvalue weighted by Crippen LogP contribution is -2.29. The van der Waals surface area contributed by atoms with Gasteiger partial charge in [-0.2, -0.15) is 18.2 Å². The van der Waals surface area contributed by atoms with Crippen molar-refractivity contribution in [2.75, 3.05) is 17.4 Å². The van der Waals surface area contributed by atoms with Gasteiger partial charge < -0.3 is 0 Å². The largest absolute Gasteiger partial charge is 0.301 e. The quantitative estimate of drug-likeness (QED) is 0.814. The second kappa shape index (κ2) is 3.66. The first kappa shape index (κ1) is 11.4. The first-order valence-electron chi connectivity index (χ1n) is 5.38. The summed E-state index contributed by atoms with van der Waals surface area (Å²) in [5, 5.41) is 4.27. The molecule has 1 aliphatic rings. The van der Waals surface area contributed by atoms with Crippen molar-refractivity contribution < 1.29 is 12.8 Å². The van der Waals surface area contributed by atoms with Crippen molar-refractivity contribution in [2.45, 2.75) is 0 Å². The summed E-state index contributed by atoms with van der Waals surface area (Å²) < 4.78 is 42.6. The highest BCUT2D eigenvalue weighted by Gasteiger charge is 2.30. The average Bonchev–Trinajstić information content (AvgIpc) is 2.84. The van der Waals surface area contributed by atoms with E-state index in [-0.39, 0.29) is 18.8 Å². The van der Waals surface area contributed by atoms with E-state index in [1.165, 1.54) is 12.3 Å². The summed E-state index contributed by atoms with van der Waals surface area (Å²) in [7, 11) is -1.90. The molecule has 0 atom stereocenters. The lowest BCUT2D eigenvalue weighted by molar-refractivity contribution is 0.589. The highest BCUT2D eigenvalue weighted by Crippen LogP contribution is 2.29. The van der Waals surface area contributed by atoms with Crippen LogP contribution in [0, 0.1) is 5.82 Å². The summed E-state index contributed by atoms with van der Waals surface area (Å²) >= 11 is 0. The zero-order valence-electron chi connectivity index (χ0n) is 9.59. The van der Waals surface area contributed by atoms with Crippen LogP contribution in [0.4, 0.5) is 10.1 Å². The Morgan fingerprint density at radius 1 is 1.44 bits per heavy atom. The lowest BCUT2D eigenvalue weighted by atomic mass is 10.2. The molecule has 3 rings (SSSR count). The van der Waals surface area contributed by atoms with Gasteiger partial charge >= 0.3 is 10.2 Å². The zero-order chi connectivity index (χ0) is 12.9. The number of hydrogen-bond acceptors (Lipinski definition) is 3. The lowest BCUT2D eigenvalue weighted by Gasteiger charge is -2.16.